The third kappa shape index (κ3) is 4.33. The van der Waals surface area contributed by atoms with Gasteiger partial charge in [-0.05, 0) is 44.7 Å². The highest BCUT2D eigenvalue weighted by Crippen LogP contribution is 2.35. The maximum absolute atomic E-state index is 12.7. The number of amides is 1. The zero-order valence-corrected chi connectivity index (χ0v) is 16.1. The second-order valence-corrected chi connectivity index (χ2v) is 7.61. The number of piperidine rings is 1. The molecule has 0 bridgehead atoms. The molecule has 2 aromatic heterocycles. The standard InChI is InChI=1S/C20H22F3N5O/c1-13-10-18(26-12-25-13)28(15-3-4-15)16-6-8-27(9-7-16)19(29)14-2-5-17(24-11-14)20(21,22)23/h2,5,10-12,15-16H,3-4,6-9H2,1H3. The van der Waals surface area contributed by atoms with Gasteiger partial charge in [0, 0.05) is 43.1 Å². The van der Waals surface area contributed by atoms with Gasteiger partial charge in [-0.1, -0.05) is 0 Å². The smallest absolute Gasteiger partial charge is 0.350 e. The van der Waals surface area contributed by atoms with E-state index in [1.165, 1.54) is 6.07 Å². The van der Waals surface area contributed by atoms with Gasteiger partial charge in [-0.15, -0.1) is 0 Å². The number of hydrogen-bond donors (Lipinski definition) is 0. The van der Waals surface area contributed by atoms with E-state index in [1.54, 1.807) is 11.2 Å². The van der Waals surface area contributed by atoms with Crippen molar-refractivity contribution in [3.8, 4) is 0 Å². The first-order valence-electron chi connectivity index (χ1n) is 9.72. The molecule has 2 fully saturated rings. The number of rotatable bonds is 4. The van der Waals surface area contributed by atoms with E-state index in [2.05, 4.69) is 19.9 Å². The number of halogens is 3. The largest absolute Gasteiger partial charge is 0.433 e. The van der Waals surface area contributed by atoms with E-state index in [-0.39, 0.29) is 17.5 Å². The molecule has 1 amide bonds. The summed E-state index contributed by atoms with van der Waals surface area (Å²) in [6.45, 7) is 3.05. The number of carbonyl (C=O) groups excluding carboxylic acids is 1. The maximum Gasteiger partial charge on any atom is 0.433 e. The molecule has 0 atom stereocenters. The van der Waals surface area contributed by atoms with E-state index in [9.17, 15) is 18.0 Å². The lowest BCUT2D eigenvalue weighted by Gasteiger charge is -2.39. The lowest BCUT2D eigenvalue weighted by molar-refractivity contribution is -0.141. The highest BCUT2D eigenvalue weighted by molar-refractivity contribution is 5.94. The molecule has 2 aromatic rings. The lowest BCUT2D eigenvalue weighted by atomic mass is 10.0. The molecular formula is C20H22F3N5O. The lowest BCUT2D eigenvalue weighted by Crippen LogP contribution is -2.48. The Bertz CT molecular complexity index is 874. The molecule has 29 heavy (non-hydrogen) atoms. The average molecular weight is 405 g/mol. The zero-order valence-electron chi connectivity index (χ0n) is 16.1. The number of aryl methyl sites for hydroxylation is 1. The van der Waals surface area contributed by atoms with Crippen molar-refractivity contribution in [2.75, 3.05) is 18.0 Å². The van der Waals surface area contributed by atoms with Gasteiger partial charge in [0.2, 0.25) is 0 Å². The predicted molar refractivity (Wildman–Crippen MR) is 100 cm³/mol. The van der Waals surface area contributed by atoms with Crippen molar-refractivity contribution in [2.45, 2.75) is 50.9 Å². The molecule has 1 aliphatic heterocycles. The molecule has 0 unspecified atom stereocenters. The minimum atomic E-state index is -4.51. The van der Waals surface area contributed by atoms with Crippen molar-refractivity contribution in [1.29, 1.82) is 0 Å². The molecule has 2 aliphatic rings. The highest BCUT2D eigenvalue weighted by Gasteiger charge is 2.37. The number of alkyl halides is 3. The van der Waals surface area contributed by atoms with E-state index < -0.39 is 11.9 Å². The Kier molecular flexibility index (Phi) is 5.14. The van der Waals surface area contributed by atoms with E-state index in [4.69, 9.17) is 0 Å². The fourth-order valence-electron chi connectivity index (χ4n) is 3.82. The Morgan fingerprint density at radius 2 is 1.76 bits per heavy atom. The summed E-state index contributed by atoms with van der Waals surface area (Å²) >= 11 is 0. The van der Waals surface area contributed by atoms with E-state index in [1.807, 2.05) is 13.0 Å². The van der Waals surface area contributed by atoms with Gasteiger partial charge in [0.1, 0.15) is 17.8 Å². The molecule has 0 N–H and O–H groups in total. The Morgan fingerprint density at radius 1 is 1.07 bits per heavy atom. The number of pyridine rings is 1. The van der Waals surface area contributed by atoms with Crippen molar-refractivity contribution in [3.05, 3.63) is 47.7 Å². The van der Waals surface area contributed by atoms with Crippen LogP contribution in [-0.4, -0.2) is 50.9 Å². The monoisotopic (exact) mass is 405 g/mol. The van der Waals surface area contributed by atoms with Gasteiger partial charge >= 0.3 is 6.18 Å². The quantitative estimate of drug-likeness (QED) is 0.780. The molecule has 1 aliphatic carbocycles. The Morgan fingerprint density at radius 3 is 2.31 bits per heavy atom. The van der Waals surface area contributed by atoms with Gasteiger partial charge in [-0.2, -0.15) is 13.2 Å². The van der Waals surface area contributed by atoms with Crippen LogP contribution in [0.3, 0.4) is 0 Å². The molecule has 0 aromatic carbocycles. The van der Waals surface area contributed by atoms with E-state index in [0.29, 0.717) is 19.1 Å². The number of hydrogen-bond acceptors (Lipinski definition) is 5. The van der Waals surface area contributed by atoms with Crippen LogP contribution >= 0.6 is 0 Å². The molecule has 154 valence electrons. The fourth-order valence-corrected chi connectivity index (χ4v) is 3.82. The summed E-state index contributed by atoms with van der Waals surface area (Å²) in [6.07, 6.45) is 1.94. The molecular weight excluding hydrogens is 383 g/mol. The molecule has 1 saturated heterocycles. The third-order valence-electron chi connectivity index (χ3n) is 5.44. The first-order chi connectivity index (χ1) is 13.8. The molecule has 0 radical (unpaired) electrons. The van der Waals surface area contributed by atoms with Gasteiger partial charge in [0.15, 0.2) is 0 Å². The van der Waals surface area contributed by atoms with Crippen molar-refractivity contribution in [2.24, 2.45) is 0 Å². The van der Waals surface area contributed by atoms with Gasteiger partial charge in [0.25, 0.3) is 5.91 Å². The third-order valence-corrected chi connectivity index (χ3v) is 5.44. The first-order valence-corrected chi connectivity index (χ1v) is 9.72. The van der Waals surface area contributed by atoms with Crippen LogP contribution in [0.2, 0.25) is 0 Å². The second kappa shape index (κ2) is 7.61. The van der Waals surface area contributed by atoms with Crippen LogP contribution in [0.15, 0.2) is 30.7 Å². The van der Waals surface area contributed by atoms with Gasteiger partial charge in [-0.3, -0.25) is 9.78 Å². The van der Waals surface area contributed by atoms with E-state index >= 15 is 0 Å². The van der Waals surface area contributed by atoms with Crippen molar-refractivity contribution >= 4 is 11.7 Å². The number of carbonyl (C=O) groups is 1. The number of anilines is 1. The Hall–Kier alpha value is -2.71. The molecule has 3 heterocycles. The van der Waals surface area contributed by atoms with Crippen LogP contribution in [0, 0.1) is 6.92 Å². The molecule has 6 nitrogen and oxygen atoms in total. The molecule has 9 heteroatoms. The first kappa shape index (κ1) is 19.6. The van der Waals surface area contributed by atoms with Crippen LogP contribution in [0.25, 0.3) is 0 Å². The summed E-state index contributed by atoms with van der Waals surface area (Å²) in [5.41, 5.74) is 0.109. The number of likely N-dealkylation sites (tertiary alicyclic amines) is 1. The molecule has 0 spiro atoms. The molecule has 1 saturated carbocycles. The van der Waals surface area contributed by atoms with E-state index in [0.717, 1.165) is 49.5 Å². The fraction of sp³-hybridized carbons (Fsp3) is 0.500. The van der Waals surface area contributed by atoms with Crippen LogP contribution in [0.1, 0.15) is 47.4 Å². The summed E-state index contributed by atoms with van der Waals surface area (Å²) in [4.78, 5) is 28.7. The topological polar surface area (TPSA) is 62.2 Å². The summed E-state index contributed by atoms with van der Waals surface area (Å²) in [5, 5.41) is 0. The zero-order chi connectivity index (χ0) is 20.6. The maximum atomic E-state index is 12.7. The second-order valence-electron chi connectivity index (χ2n) is 7.61. The Balaban J connectivity index is 1.41. The number of nitrogens with zero attached hydrogens (tertiary/aromatic N) is 5. The molecule has 4 rings (SSSR count). The summed E-state index contributed by atoms with van der Waals surface area (Å²) in [7, 11) is 0. The van der Waals surface area contributed by atoms with Crippen molar-refractivity contribution in [3.63, 3.8) is 0 Å². The van der Waals surface area contributed by atoms with Gasteiger partial charge in [0.05, 0.1) is 5.56 Å². The predicted octanol–water partition coefficient (Wildman–Crippen LogP) is 3.47. The normalized spacial score (nSPS) is 18.0. The van der Waals surface area contributed by atoms with Gasteiger partial charge in [-0.25, -0.2) is 9.97 Å². The Labute approximate surface area is 166 Å². The summed E-state index contributed by atoms with van der Waals surface area (Å²) < 4.78 is 38.0. The summed E-state index contributed by atoms with van der Waals surface area (Å²) in [5.74, 6) is 0.650. The highest BCUT2D eigenvalue weighted by atomic mass is 19.4. The van der Waals surface area contributed by atoms with Crippen molar-refractivity contribution in [1.82, 2.24) is 19.9 Å². The average Bonchev–Trinajstić information content (AvgIpc) is 3.53. The van der Waals surface area contributed by atoms with Crippen LogP contribution < -0.4 is 4.90 Å². The van der Waals surface area contributed by atoms with Crippen molar-refractivity contribution < 1.29 is 18.0 Å². The SMILES string of the molecule is Cc1cc(N(C2CC2)C2CCN(C(=O)c3ccc(C(F)(F)F)nc3)CC2)ncn1. The minimum Gasteiger partial charge on any atom is -0.350 e. The number of aromatic nitrogens is 3. The summed E-state index contributed by atoms with van der Waals surface area (Å²) in [6, 6.07) is 4.81. The van der Waals surface area contributed by atoms with Gasteiger partial charge < -0.3 is 9.80 Å². The van der Waals surface area contributed by atoms with Crippen LogP contribution in [0.4, 0.5) is 19.0 Å². The minimum absolute atomic E-state index is 0.182. The van der Waals surface area contributed by atoms with Crippen LogP contribution in [-0.2, 0) is 6.18 Å². The van der Waals surface area contributed by atoms with Crippen LogP contribution in [0.5, 0.6) is 0 Å².